The van der Waals surface area contributed by atoms with Crippen LogP contribution in [0, 0.1) is 0 Å². The highest BCUT2D eigenvalue weighted by Crippen LogP contribution is 2.10. The van der Waals surface area contributed by atoms with Gasteiger partial charge in [0.1, 0.15) is 4.99 Å². The third-order valence-corrected chi connectivity index (χ3v) is 3.61. The van der Waals surface area contributed by atoms with Gasteiger partial charge < -0.3 is 10.6 Å². The van der Waals surface area contributed by atoms with Crippen molar-refractivity contribution in [2.75, 3.05) is 6.54 Å². The van der Waals surface area contributed by atoms with Crippen molar-refractivity contribution in [3.8, 4) is 0 Å². The van der Waals surface area contributed by atoms with Crippen LogP contribution in [0.1, 0.15) is 38.3 Å². The summed E-state index contributed by atoms with van der Waals surface area (Å²) >= 11 is 4.91. The van der Waals surface area contributed by atoms with Crippen molar-refractivity contribution >= 4 is 23.1 Å². The number of nitrogens with two attached hydrogens (primary N) is 1. The molecule has 1 aromatic carbocycles. The van der Waals surface area contributed by atoms with Crippen molar-refractivity contribution in [1.82, 2.24) is 4.90 Å². The van der Waals surface area contributed by atoms with Crippen LogP contribution in [0.5, 0.6) is 0 Å². The van der Waals surface area contributed by atoms with Gasteiger partial charge in [0.05, 0.1) is 6.42 Å². The summed E-state index contributed by atoms with van der Waals surface area (Å²) in [4.78, 5) is 14.5. The maximum atomic E-state index is 12.2. The molecule has 0 spiro atoms. The molecule has 0 aromatic heterocycles. The molecule has 0 aliphatic rings. The van der Waals surface area contributed by atoms with Gasteiger partial charge in [-0.05, 0) is 25.8 Å². The number of rotatable bonds is 6. The normalized spacial score (nSPS) is 11.9. The molecule has 0 aliphatic carbocycles. The van der Waals surface area contributed by atoms with Crippen molar-refractivity contribution in [1.29, 1.82) is 0 Å². The van der Waals surface area contributed by atoms with E-state index in [2.05, 4.69) is 13.8 Å². The monoisotopic (exact) mass is 278 g/mol. The lowest BCUT2D eigenvalue weighted by atomic mass is 10.1. The van der Waals surface area contributed by atoms with Gasteiger partial charge in [-0.15, -0.1) is 0 Å². The maximum Gasteiger partial charge on any atom is 0.227 e. The fourth-order valence-corrected chi connectivity index (χ4v) is 2.15. The van der Waals surface area contributed by atoms with Crippen LogP contribution in [0.4, 0.5) is 0 Å². The van der Waals surface area contributed by atoms with Crippen LogP contribution in [0.25, 0.3) is 0 Å². The van der Waals surface area contributed by atoms with E-state index in [-0.39, 0.29) is 11.9 Å². The first-order valence-corrected chi connectivity index (χ1v) is 7.08. The first-order valence-electron chi connectivity index (χ1n) is 6.67. The molecule has 1 unspecified atom stereocenters. The van der Waals surface area contributed by atoms with Crippen molar-refractivity contribution in [2.45, 2.75) is 39.7 Å². The molecule has 104 valence electrons. The average Bonchev–Trinajstić information content (AvgIpc) is 2.39. The quantitative estimate of drug-likeness (QED) is 0.813. The molecule has 1 amide bonds. The summed E-state index contributed by atoms with van der Waals surface area (Å²) in [6, 6.07) is 7.84. The number of hydrogen-bond acceptors (Lipinski definition) is 2. The second kappa shape index (κ2) is 7.24. The average molecular weight is 278 g/mol. The highest BCUT2D eigenvalue weighted by Gasteiger charge is 2.17. The molecule has 1 aromatic rings. The van der Waals surface area contributed by atoms with E-state index in [4.69, 9.17) is 18.0 Å². The van der Waals surface area contributed by atoms with Crippen LogP contribution < -0.4 is 5.73 Å². The zero-order chi connectivity index (χ0) is 14.4. The van der Waals surface area contributed by atoms with Gasteiger partial charge in [-0.1, -0.05) is 43.4 Å². The van der Waals surface area contributed by atoms with Crippen LogP contribution in [0.3, 0.4) is 0 Å². The number of nitrogens with zero attached hydrogens (tertiary/aromatic N) is 1. The number of carbonyl (C=O) groups is 1. The number of likely N-dealkylation sites (N-methyl/N-ethyl adjacent to an activating group) is 1. The van der Waals surface area contributed by atoms with Gasteiger partial charge in [0.2, 0.25) is 5.91 Å². The third-order valence-electron chi connectivity index (χ3n) is 3.38. The summed E-state index contributed by atoms with van der Waals surface area (Å²) < 4.78 is 0. The largest absolute Gasteiger partial charge is 0.389 e. The Hall–Kier alpha value is -1.42. The molecule has 0 fully saturated rings. The molecule has 0 radical (unpaired) electrons. The molecule has 1 rings (SSSR count). The van der Waals surface area contributed by atoms with E-state index < -0.39 is 0 Å². The van der Waals surface area contributed by atoms with Gasteiger partial charge in [-0.2, -0.15) is 0 Å². The van der Waals surface area contributed by atoms with Crippen LogP contribution in [-0.4, -0.2) is 28.4 Å². The molecule has 3 nitrogen and oxygen atoms in total. The van der Waals surface area contributed by atoms with Gasteiger partial charge in [0.25, 0.3) is 0 Å². The Balaban J connectivity index is 2.73. The Morgan fingerprint density at radius 3 is 2.32 bits per heavy atom. The van der Waals surface area contributed by atoms with E-state index in [1.807, 2.05) is 36.1 Å². The smallest absolute Gasteiger partial charge is 0.227 e. The molecule has 0 heterocycles. The van der Waals surface area contributed by atoms with Gasteiger partial charge >= 0.3 is 0 Å². The highest BCUT2D eigenvalue weighted by atomic mass is 32.1. The molecular weight excluding hydrogens is 256 g/mol. The molecule has 1 atom stereocenters. The summed E-state index contributed by atoms with van der Waals surface area (Å²) in [5.74, 6) is 0.167. The summed E-state index contributed by atoms with van der Waals surface area (Å²) in [7, 11) is 0. The van der Waals surface area contributed by atoms with Gasteiger partial charge in [0, 0.05) is 18.2 Å². The van der Waals surface area contributed by atoms with Crippen LogP contribution in [-0.2, 0) is 11.2 Å². The zero-order valence-electron chi connectivity index (χ0n) is 11.8. The minimum atomic E-state index is 0.167. The molecule has 4 heteroatoms. The van der Waals surface area contributed by atoms with Crippen LogP contribution in [0.2, 0.25) is 0 Å². The molecular formula is C15H22N2OS. The van der Waals surface area contributed by atoms with E-state index in [1.165, 1.54) is 0 Å². The summed E-state index contributed by atoms with van der Waals surface area (Å²) in [5.41, 5.74) is 7.37. The number of amides is 1. The second-order valence-electron chi connectivity index (χ2n) is 4.67. The maximum absolute atomic E-state index is 12.2. The zero-order valence-corrected chi connectivity index (χ0v) is 12.7. The fraction of sp³-hybridized carbons (Fsp3) is 0.467. The predicted octanol–water partition coefficient (Wildman–Crippen LogP) is 2.51. The Kier molecular flexibility index (Phi) is 5.96. The molecule has 0 bridgehead atoms. The summed E-state index contributed by atoms with van der Waals surface area (Å²) in [6.07, 6.45) is 1.40. The Bertz CT molecular complexity index is 442. The van der Waals surface area contributed by atoms with E-state index in [9.17, 15) is 4.79 Å². The van der Waals surface area contributed by atoms with Crippen molar-refractivity contribution in [3.05, 3.63) is 35.4 Å². The van der Waals surface area contributed by atoms with Crippen molar-refractivity contribution in [2.24, 2.45) is 5.73 Å². The lowest BCUT2D eigenvalue weighted by Gasteiger charge is -2.27. The highest BCUT2D eigenvalue weighted by molar-refractivity contribution is 7.80. The SMILES string of the molecule is CCC(C)N(CC)C(=O)Cc1ccc(C(N)=S)cc1. The Morgan fingerprint density at radius 1 is 1.32 bits per heavy atom. The number of carbonyl (C=O) groups excluding carboxylic acids is 1. The number of hydrogen-bond donors (Lipinski definition) is 1. The van der Waals surface area contributed by atoms with Gasteiger partial charge in [0.15, 0.2) is 0 Å². The molecule has 19 heavy (non-hydrogen) atoms. The number of benzene rings is 1. The first-order chi connectivity index (χ1) is 8.99. The van der Waals surface area contributed by atoms with Crippen molar-refractivity contribution in [3.63, 3.8) is 0 Å². The number of thiocarbonyl (C=S) groups is 1. The third kappa shape index (κ3) is 4.31. The minimum Gasteiger partial charge on any atom is -0.389 e. The lowest BCUT2D eigenvalue weighted by molar-refractivity contribution is -0.132. The Labute approximate surface area is 120 Å². The van der Waals surface area contributed by atoms with E-state index >= 15 is 0 Å². The van der Waals surface area contributed by atoms with E-state index in [1.54, 1.807) is 0 Å². The molecule has 0 aliphatic heterocycles. The molecule has 2 N–H and O–H groups in total. The molecule has 0 saturated carbocycles. The lowest BCUT2D eigenvalue weighted by Crippen LogP contribution is -2.39. The minimum absolute atomic E-state index is 0.167. The summed E-state index contributed by atoms with van der Waals surface area (Å²) in [6.45, 7) is 6.94. The summed E-state index contributed by atoms with van der Waals surface area (Å²) in [5, 5.41) is 0. The van der Waals surface area contributed by atoms with E-state index in [0.29, 0.717) is 11.4 Å². The van der Waals surface area contributed by atoms with Gasteiger partial charge in [-0.25, -0.2) is 0 Å². The predicted molar refractivity (Wildman–Crippen MR) is 83.2 cm³/mol. The second-order valence-corrected chi connectivity index (χ2v) is 5.11. The van der Waals surface area contributed by atoms with E-state index in [0.717, 1.165) is 24.1 Å². The topological polar surface area (TPSA) is 46.3 Å². The van der Waals surface area contributed by atoms with Crippen molar-refractivity contribution < 1.29 is 4.79 Å². The molecule has 0 saturated heterocycles. The standard InChI is InChI=1S/C15H22N2OS/c1-4-11(3)17(5-2)14(18)10-12-6-8-13(9-7-12)15(16)19/h6-9,11H,4-5,10H2,1-3H3,(H2,16,19). The van der Waals surface area contributed by atoms with Gasteiger partial charge in [-0.3, -0.25) is 4.79 Å². The first kappa shape index (κ1) is 15.6. The van der Waals surface area contributed by atoms with Crippen LogP contribution in [0.15, 0.2) is 24.3 Å². The van der Waals surface area contributed by atoms with Crippen LogP contribution >= 0.6 is 12.2 Å². The Morgan fingerprint density at radius 2 is 1.89 bits per heavy atom. The fourth-order valence-electron chi connectivity index (χ4n) is 2.02.